The molecule has 0 saturated heterocycles. The predicted molar refractivity (Wildman–Crippen MR) is 74.8 cm³/mol. The topological polar surface area (TPSA) is 68.3 Å². The van der Waals surface area contributed by atoms with Crippen molar-refractivity contribution in [2.45, 2.75) is 38.3 Å². The summed E-state index contributed by atoms with van der Waals surface area (Å²) in [5.41, 5.74) is 0. The van der Waals surface area contributed by atoms with Crippen LogP contribution in [0, 0.1) is 0 Å². The highest BCUT2D eigenvalue weighted by molar-refractivity contribution is 5.63. The molecule has 0 atom stereocenters. The Morgan fingerprint density at radius 2 is 2.00 bits per heavy atom. The molecule has 2 rings (SSSR count). The highest BCUT2D eigenvalue weighted by atomic mass is 16.5. The number of anilines is 2. The Labute approximate surface area is 113 Å². The van der Waals surface area contributed by atoms with Crippen molar-refractivity contribution < 1.29 is 9.47 Å². The molecule has 1 aromatic heterocycles. The van der Waals surface area contributed by atoms with Crippen LogP contribution in [-0.2, 0) is 4.74 Å². The molecular weight excluding hydrogens is 244 g/mol. The molecule has 0 unspecified atom stereocenters. The van der Waals surface area contributed by atoms with E-state index in [-0.39, 0.29) is 0 Å². The minimum absolute atomic E-state index is 0.364. The molecule has 0 aliphatic heterocycles. The fourth-order valence-corrected chi connectivity index (χ4v) is 2.11. The Morgan fingerprint density at radius 3 is 2.63 bits per heavy atom. The van der Waals surface area contributed by atoms with Crippen molar-refractivity contribution in [3.8, 4) is 5.75 Å². The van der Waals surface area contributed by atoms with E-state index in [1.54, 1.807) is 20.5 Å². The summed E-state index contributed by atoms with van der Waals surface area (Å²) in [7, 11) is 3.39. The van der Waals surface area contributed by atoms with E-state index in [1.807, 2.05) is 0 Å². The summed E-state index contributed by atoms with van der Waals surface area (Å²) in [4.78, 5) is 8.48. The van der Waals surface area contributed by atoms with Gasteiger partial charge in [-0.25, -0.2) is 9.97 Å². The largest absolute Gasteiger partial charge is 0.490 e. The maximum atomic E-state index is 5.41. The normalized spacial score (nSPS) is 21.6. The molecular formula is C13H22N4O2. The van der Waals surface area contributed by atoms with Gasteiger partial charge in [0.25, 0.3) is 0 Å². The number of nitrogens with one attached hydrogen (secondary N) is 2. The highest BCUT2D eigenvalue weighted by Gasteiger charge is 2.30. The fourth-order valence-electron chi connectivity index (χ4n) is 2.11. The second-order valence-corrected chi connectivity index (χ2v) is 4.70. The van der Waals surface area contributed by atoms with Crippen LogP contribution in [0.3, 0.4) is 0 Å². The van der Waals surface area contributed by atoms with Crippen molar-refractivity contribution in [3.63, 3.8) is 0 Å². The lowest BCUT2D eigenvalue weighted by atomic mass is 9.89. The van der Waals surface area contributed by atoms with Gasteiger partial charge in [-0.1, -0.05) is 6.92 Å². The van der Waals surface area contributed by atoms with E-state index >= 15 is 0 Å². The number of methoxy groups -OCH3 is 2. The number of ether oxygens (including phenoxy) is 2. The van der Waals surface area contributed by atoms with Gasteiger partial charge >= 0.3 is 0 Å². The third kappa shape index (κ3) is 3.26. The first kappa shape index (κ1) is 13.9. The standard InChI is InChI=1S/C13H22N4O2/c1-4-5-14-12-11(19-3)13(16-8-15-12)17-9-6-10(7-9)18-2/h8-10H,4-7H2,1-3H3,(H2,14,15,16,17). The van der Waals surface area contributed by atoms with Crippen molar-refractivity contribution in [1.82, 2.24) is 9.97 Å². The first-order valence-electron chi connectivity index (χ1n) is 6.70. The molecule has 2 N–H and O–H groups in total. The smallest absolute Gasteiger partial charge is 0.204 e. The molecule has 6 heteroatoms. The van der Waals surface area contributed by atoms with Gasteiger partial charge in [0, 0.05) is 19.7 Å². The van der Waals surface area contributed by atoms with Crippen LogP contribution in [0.2, 0.25) is 0 Å². The number of aromatic nitrogens is 2. The van der Waals surface area contributed by atoms with Crippen LogP contribution in [0.5, 0.6) is 5.75 Å². The summed E-state index contributed by atoms with van der Waals surface area (Å²) >= 11 is 0. The molecule has 0 aromatic carbocycles. The highest BCUT2D eigenvalue weighted by Crippen LogP contribution is 2.33. The quantitative estimate of drug-likeness (QED) is 0.785. The zero-order valence-electron chi connectivity index (χ0n) is 11.8. The van der Waals surface area contributed by atoms with Crippen molar-refractivity contribution in [2.24, 2.45) is 0 Å². The minimum atomic E-state index is 0.364. The zero-order chi connectivity index (χ0) is 13.7. The SMILES string of the molecule is CCCNc1ncnc(NC2CC(OC)C2)c1OC. The lowest BCUT2D eigenvalue weighted by Gasteiger charge is -2.35. The molecule has 0 spiro atoms. The molecule has 19 heavy (non-hydrogen) atoms. The fraction of sp³-hybridized carbons (Fsp3) is 0.692. The first-order chi connectivity index (χ1) is 9.28. The van der Waals surface area contributed by atoms with E-state index in [2.05, 4.69) is 27.5 Å². The molecule has 106 valence electrons. The molecule has 1 aliphatic carbocycles. The summed E-state index contributed by atoms with van der Waals surface area (Å²) in [6.07, 6.45) is 4.95. The van der Waals surface area contributed by atoms with Gasteiger partial charge in [0.15, 0.2) is 11.6 Å². The monoisotopic (exact) mass is 266 g/mol. The Hall–Kier alpha value is -1.56. The molecule has 1 aliphatic rings. The molecule has 1 fully saturated rings. The molecule has 1 aromatic rings. The van der Waals surface area contributed by atoms with Gasteiger partial charge < -0.3 is 20.1 Å². The number of rotatable bonds is 7. The third-order valence-corrected chi connectivity index (χ3v) is 3.32. The molecule has 1 saturated carbocycles. The second-order valence-electron chi connectivity index (χ2n) is 4.70. The van der Waals surface area contributed by atoms with Gasteiger partial charge in [0.1, 0.15) is 6.33 Å². The van der Waals surface area contributed by atoms with E-state index in [0.29, 0.717) is 17.9 Å². The Kier molecular flexibility index (Phi) is 4.79. The number of hydrogen-bond donors (Lipinski definition) is 2. The molecule has 1 heterocycles. The average Bonchev–Trinajstić information content (AvgIpc) is 2.39. The van der Waals surface area contributed by atoms with E-state index in [1.165, 1.54) is 0 Å². The number of hydrogen-bond acceptors (Lipinski definition) is 6. The summed E-state index contributed by atoms with van der Waals surface area (Å²) in [5, 5.41) is 6.63. The molecule has 0 radical (unpaired) electrons. The summed E-state index contributed by atoms with van der Waals surface area (Å²) in [6, 6.07) is 0.396. The van der Waals surface area contributed by atoms with Crippen molar-refractivity contribution >= 4 is 11.6 Å². The van der Waals surface area contributed by atoms with Crippen molar-refractivity contribution in [2.75, 3.05) is 31.4 Å². The number of nitrogens with zero attached hydrogens (tertiary/aromatic N) is 2. The van der Waals surface area contributed by atoms with Crippen LogP contribution in [0.4, 0.5) is 11.6 Å². The van der Waals surface area contributed by atoms with Crippen LogP contribution >= 0.6 is 0 Å². The summed E-state index contributed by atoms with van der Waals surface area (Å²) < 4.78 is 10.7. The van der Waals surface area contributed by atoms with Gasteiger partial charge in [0.2, 0.25) is 5.75 Å². The molecule has 6 nitrogen and oxygen atoms in total. The van der Waals surface area contributed by atoms with Crippen LogP contribution in [0.25, 0.3) is 0 Å². The summed E-state index contributed by atoms with van der Waals surface area (Å²) in [5.74, 6) is 2.16. The Balaban J connectivity index is 2.03. The van der Waals surface area contributed by atoms with Crippen LogP contribution in [-0.4, -0.2) is 42.9 Å². The van der Waals surface area contributed by atoms with Crippen LogP contribution in [0.15, 0.2) is 6.33 Å². The van der Waals surface area contributed by atoms with E-state index < -0.39 is 0 Å². The van der Waals surface area contributed by atoms with Crippen LogP contribution in [0.1, 0.15) is 26.2 Å². The van der Waals surface area contributed by atoms with Gasteiger partial charge in [-0.15, -0.1) is 0 Å². The maximum absolute atomic E-state index is 5.41. The maximum Gasteiger partial charge on any atom is 0.204 e. The van der Waals surface area contributed by atoms with E-state index in [9.17, 15) is 0 Å². The lowest BCUT2D eigenvalue weighted by Crippen LogP contribution is -2.40. The zero-order valence-corrected chi connectivity index (χ0v) is 11.8. The van der Waals surface area contributed by atoms with Crippen LogP contribution < -0.4 is 15.4 Å². The molecule has 0 bridgehead atoms. The van der Waals surface area contributed by atoms with E-state index in [4.69, 9.17) is 9.47 Å². The summed E-state index contributed by atoms with van der Waals surface area (Å²) in [6.45, 7) is 2.97. The predicted octanol–water partition coefficient (Wildman–Crippen LogP) is 1.90. The Bertz CT molecular complexity index is 408. The lowest BCUT2D eigenvalue weighted by molar-refractivity contribution is 0.0327. The van der Waals surface area contributed by atoms with E-state index in [0.717, 1.165) is 37.4 Å². The van der Waals surface area contributed by atoms with Crippen molar-refractivity contribution in [3.05, 3.63) is 6.33 Å². The second kappa shape index (κ2) is 6.56. The van der Waals surface area contributed by atoms with Gasteiger partial charge in [-0.3, -0.25) is 0 Å². The molecule has 0 amide bonds. The average molecular weight is 266 g/mol. The minimum Gasteiger partial charge on any atom is -0.490 e. The van der Waals surface area contributed by atoms with Gasteiger partial charge in [0.05, 0.1) is 13.2 Å². The third-order valence-electron chi connectivity index (χ3n) is 3.32. The van der Waals surface area contributed by atoms with Gasteiger partial charge in [-0.05, 0) is 19.3 Å². The van der Waals surface area contributed by atoms with Crippen molar-refractivity contribution in [1.29, 1.82) is 0 Å². The first-order valence-corrected chi connectivity index (χ1v) is 6.70. The van der Waals surface area contributed by atoms with Gasteiger partial charge in [-0.2, -0.15) is 0 Å². The Morgan fingerprint density at radius 1 is 1.26 bits per heavy atom.